The summed E-state index contributed by atoms with van der Waals surface area (Å²) in [6.45, 7) is 2.21. The second-order valence-corrected chi connectivity index (χ2v) is 20.2. The molecule has 0 aliphatic heterocycles. The molecule has 0 saturated heterocycles. The van der Waals surface area contributed by atoms with Gasteiger partial charge in [-0.2, -0.15) is 0 Å². The highest BCUT2D eigenvalue weighted by Crippen LogP contribution is 2.41. The Bertz CT molecular complexity index is 4440. The molecule has 0 spiro atoms. The summed E-state index contributed by atoms with van der Waals surface area (Å²) in [6, 6.07) is 104. The molecule has 77 heavy (non-hydrogen) atoms. The monoisotopic (exact) mass is 982 g/mol. The van der Waals surface area contributed by atoms with Crippen molar-refractivity contribution >= 4 is 82.5 Å². The number of hydrogen-bond acceptors (Lipinski definition) is 1. The zero-order chi connectivity index (χ0) is 51.0. The van der Waals surface area contributed by atoms with E-state index in [2.05, 4.69) is 311 Å². The van der Waals surface area contributed by atoms with Crippen LogP contribution in [0.2, 0.25) is 0 Å². The quantitative estimate of drug-likeness (QED) is 0.141. The molecule has 0 aliphatic rings. The van der Waals surface area contributed by atoms with Gasteiger partial charge in [-0.05, 0) is 155 Å². The molecule has 3 heterocycles. The van der Waals surface area contributed by atoms with E-state index in [-0.39, 0.29) is 0 Å². The molecule has 4 nitrogen and oxygen atoms in total. The van der Waals surface area contributed by atoms with Crippen LogP contribution in [0.25, 0.3) is 116 Å². The van der Waals surface area contributed by atoms with Crippen LogP contribution in [-0.2, 0) is 0 Å². The van der Waals surface area contributed by atoms with E-state index in [1.54, 1.807) is 0 Å². The Morgan fingerprint density at radius 1 is 0.234 bits per heavy atom. The standard InChI is InChI=1S/C73H50N4/c1-49-16-12-33-72-73(49)66-27-6-11-32-71(66)77(72)61-22-15-19-55(48-61)52-38-44-58(45-39-52)74(56-40-34-50(35-41-56)53-17-13-20-59(46-53)75-67-28-7-2-23-62(67)63-24-3-8-29-68(63)75)57-42-36-51(37-43-57)54-18-14-21-60(47-54)76-69-30-9-4-25-64(69)65-26-5-10-31-70(65)76/h2-48H,1H3. The second kappa shape index (κ2) is 18.0. The van der Waals surface area contributed by atoms with Gasteiger partial charge in [0.1, 0.15) is 0 Å². The van der Waals surface area contributed by atoms with Crippen molar-refractivity contribution in [2.75, 3.05) is 4.90 Å². The Hall–Kier alpha value is -10.2. The van der Waals surface area contributed by atoms with Gasteiger partial charge in [-0.25, -0.2) is 0 Å². The Labute approximate surface area is 446 Å². The number of fused-ring (bicyclic) bond motifs is 9. The van der Waals surface area contributed by atoms with E-state index in [1.165, 1.54) is 76.5 Å². The zero-order valence-corrected chi connectivity index (χ0v) is 42.4. The summed E-state index contributed by atoms with van der Waals surface area (Å²) in [7, 11) is 0. The second-order valence-electron chi connectivity index (χ2n) is 20.2. The van der Waals surface area contributed by atoms with Gasteiger partial charge in [0.05, 0.1) is 33.1 Å². The van der Waals surface area contributed by atoms with Gasteiger partial charge in [0, 0.05) is 66.4 Å². The predicted molar refractivity (Wildman–Crippen MR) is 325 cm³/mol. The van der Waals surface area contributed by atoms with Crippen LogP contribution < -0.4 is 4.90 Å². The minimum atomic E-state index is 1.07. The molecule has 362 valence electrons. The van der Waals surface area contributed by atoms with Crippen molar-refractivity contribution < 1.29 is 0 Å². The van der Waals surface area contributed by atoms with Crippen LogP contribution in [0.1, 0.15) is 5.56 Å². The summed E-state index contributed by atoms with van der Waals surface area (Å²) in [6.07, 6.45) is 0. The minimum absolute atomic E-state index is 1.07. The molecule has 0 N–H and O–H groups in total. The third kappa shape index (κ3) is 7.37. The summed E-state index contributed by atoms with van der Waals surface area (Å²) in [4.78, 5) is 2.37. The van der Waals surface area contributed by atoms with Gasteiger partial charge in [-0.3, -0.25) is 0 Å². The molecule has 15 aromatic rings. The van der Waals surface area contributed by atoms with Crippen LogP contribution in [0, 0.1) is 6.92 Å². The molecular formula is C73H50N4. The van der Waals surface area contributed by atoms with Crippen molar-refractivity contribution in [2.24, 2.45) is 0 Å². The van der Waals surface area contributed by atoms with Crippen molar-refractivity contribution in [3.05, 3.63) is 291 Å². The Morgan fingerprint density at radius 2 is 0.519 bits per heavy atom. The first kappa shape index (κ1) is 44.3. The third-order valence-electron chi connectivity index (χ3n) is 15.8. The number of nitrogens with zero attached hydrogens (tertiary/aromatic N) is 4. The van der Waals surface area contributed by atoms with E-state index in [4.69, 9.17) is 0 Å². The summed E-state index contributed by atoms with van der Waals surface area (Å²) in [5.41, 5.74) is 22.1. The highest BCUT2D eigenvalue weighted by molar-refractivity contribution is 6.12. The molecule has 0 fully saturated rings. The van der Waals surface area contributed by atoms with E-state index in [0.29, 0.717) is 0 Å². The molecule has 0 aliphatic carbocycles. The number of aromatic nitrogens is 3. The predicted octanol–water partition coefficient (Wildman–Crippen LogP) is 19.8. The SMILES string of the molecule is Cc1cccc2c1c1ccccc1n2-c1cccc(-c2ccc(N(c3ccc(-c4cccc(-n5c6ccccc6c6ccccc65)c4)cc3)c3ccc(-c4cccc(-n5c6ccccc6c6ccccc65)c4)cc3)cc2)c1. The fourth-order valence-corrected chi connectivity index (χ4v) is 12.2. The van der Waals surface area contributed by atoms with Crippen LogP contribution >= 0.6 is 0 Å². The molecule has 0 bridgehead atoms. The number of para-hydroxylation sites is 5. The third-order valence-corrected chi connectivity index (χ3v) is 15.8. The maximum atomic E-state index is 2.41. The summed E-state index contributed by atoms with van der Waals surface area (Å²) < 4.78 is 7.19. The Balaban J connectivity index is 0.801. The minimum Gasteiger partial charge on any atom is -0.311 e. The molecule has 3 aromatic heterocycles. The van der Waals surface area contributed by atoms with Crippen LogP contribution in [0.3, 0.4) is 0 Å². The van der Waals surface area contributed by atoms with Crippen LogP contribution in [0.4, 0.5) is 17.1 Å². The maximum absolute atomic E-state index is 2.41. The average Bonchev–Trinajstić information content (AvgIpc) is 4.24. The van der Waals surface area contributed by atoms with Crippen LogP contribution in [0.15, 0.2) is 285 Å². The number of anilines is 3. The van der Waals surface area contributed by atoms with E-state index in [0.717, 1.165) is 61.9 Å². The molecule has 0 saturated carbocycles. The lowest BCUT2D eigenvalue weighted by Crippen LogP contribution is -2.09. The molecule has 0 atom stereocenters. The lowest BCUT2D eigenvalue weighted by molar-refractivity contribution is 1.18. The topological polar surface area (TPSA) is 18.0 Å². The lowest BCUT2D eigenvalue weighted by Gasteiger charge is -2.26. The maximum Gasteiger partial charge on any atom is 0.0543 e. The van der Waals surface area contributed by atoms with Gasteiger partial charge < -0.3 is 18.6 Å². The van der Waals surface area contributed by atoms with E-state index < -0.39 is 0 Å². The molecule has 0 unspecified atom stereocenters. The van der Waals surface area contributed by atoms with E-state index >= 15 is 0 Å². The largest absolute Gasteiger partial charge is 0.311 e. The first-order valence-electron chi connectivity index (χ1n) is 26.5. The smallest absolute Gasteiger partial charge is 0.0543 e. The van der Waals surface area contributed by atoms with Crippen molar-refractivity contribution in [2.45, 2.75) is 6.92 Å². The van der Waals surface area contributed by atoms with Gasteiger partial charge in [0.15, 0.2) is 0 Å². The highest BCUT2D eigenvalue weighted by atomic mass is 15.1. The number of rotatable bonds is 9. The number of aryl methyl sites for hydroxylation is 1. The molecule has 12 aromatic carbocycles. The zero-order valence-electron chi connectivity index (χ0n) is 42.4. The number of benzene rings is 12. The Morgan fingerprint density at radius 3 is 0.883 bits per heavy atom. The summed E-state index contributed by atoms with van der Waals surface area (Å²) >= 11 is 0. The van der Waals surface area contributed by atoms with Crippen molar-refractivity contribution in [3.8, 4) is 50.4 Å². The van der Waals surface area contributed by atoms with Crippen LogP contribution in [-0.4, -0.2) is 13.7 Å². The van der Waals surface area contributed by atoms with Crippen molar-refractivity contribution in [1.29, 1.82) is 0 Å². The first-order chi connectivity index (χ1) is 38.1. The number of hydrogen-bond donors (Lipinski definition) is 0. The normalized spacial score (nSPS) is 11.7. The van der Waals surface area contributed by atoms with Gasteiger partial charge in [-0.1, -0.05) is 176 Å². The van der Waals surface area contributed by atoms with E-state index in [9.17, 15) is 0 Å². The van der Waals surface area contributed by atoms with Gasteiger partial charge in [-0.15, -0.1) is 0 Å². The van der Waals surface area contributed by atoms with Crippen LogP contribution in [0.5, 0.6) is 0 Å². The fraction of sp³-hybridized carbons (Fsp3) is 0.0137. The highest BCUT2D eigenvalue weighted by Gasteiger charge is 2.19. The van der Waals surface area contributed by atoms with Crippen molar-refractivity contribution in [1.82, 2.24) is 13.7 Å². The van der Waals surface area contributed by atoms with Gasteiger partial charge in [0.2, 0.25) is 0 Å². The molecule has 4 heteroatoms. The van der Waals surface area contributed by atoms with E-state index in [1.807, 2.05) is 0 Å². The summed E-state index contributed by atoms with van der Waals surface area (Å²) in [5, 5.41) is 7.62. The van der Waals surface area contributed by atoms with Gasteiger partial charge in [0.25, 0.3) is 0 Å². The molecule has 0 radical (unpaired) electrons. The molecular weight excluding hydrogens is 933 g/mol. The lowest BCUT2D eigenvalue weighted by atomic mass is 10.0. The molecule has 15 rings (SSSR count). The average molecular weight is 983 g/mol. The van der Waals surface area contributed by atoms with Crippen molar-refractivity contribution in [3.63, 3.8) is 0 Å². The van der Waals surface area contributed by atoms with Gasteiger partial charge >= 0.3 is 0 Å². The fourth-order valence-electron chi connectivity index (χ4n) is 12.2. The summed E-state index contributed by atoms with van der Waals surface area (Å²) in [5.74, 6) is 0. The first-order valence-corrected chi connectivity index (χ1v) is 26.5. The molecule has 0 amide bonds. The Kier molecular flexibility index (Phi) is 10.4.